The lowest BCUT2D eigenvalue weighted by atomic mass is 9.98. The first-order valence-electron chi connectivity index (χ1n) is 6.08. The van der Waals surface area contributed by atoms with Gasteiger partial charge in [-0.05, 0) is 12.1 Å². The van der Waals surface area contributed by atoms with Crippen molar-refractivity contribution in [3.05, 3.63) is 35.4 Å². The van der Waals surface area contributed by atoms with Gasteiger partial charge in [-0.15, -0.1) is 0 Å². The summed E-state index contributed by atoms with van der Waals surface area (Å²) >= 11 is 0. The summed E-state index contributed by atoms with van der Waals surface area (Å²) in [5.41, 5.74) is -1.98. The second-order valence-corrected chi connectivity index (χ2v) is 4.74. The van der Waals surface area contributed by atoms with Crippen LogP contribution in [-0.2, 0) is 11.0 Å². The van der Waals surface area contributed by atoms with Crippen LogP contribution in [0, 0.1) is 0 Å². The van der Waals surface area contributed by atoms with Crippen LogP contribution in [0.1, 0.15) is 22.3 Å². The van der Waals surface area contributed by atoms with Crippen molar-refractivity contribution in [1.29, 1.82) is 0 Å². The Morgan fingerprint density at radius 3 is 1.56 bits per heavy atom. The molecule has 0 aliphatic heterocycles. The van der Waals surface area contributed by atoms with Crippen molar-refractivity contribution in [3.8, 4) is 0 Å². The minimum absolute atomic E-state index is 0.347. The zero-order chi connectivity index (χ0) is 19.8. The molecule has 0 bridgehead atoms. The Balaban J connectivity index is 2.98. The van der Waals surface area contributed by atoms with E-state index >= 15 is 0 Å². The van der Waals surface area contributed by atoms with E-state index in [9.17, 15) is 53.5 Å². The maximum absolute atomic E-state index is 13.1. The first-order chi connectivity index (χ1) is 11.0. The van der Waals surface area contributed by atoms with Gasteiger partial charge in [0.25, 0.3) is 0 Å². The molecule has 0 N–H and O–H groups in total. The number of Topliss-reactive ketones (excluding diaryl/α,β-unsaturated/α-hetero) is 2. The van der Waals surface area contributed by atoms with Crippen LogP contribution in [-0.4, -0.2) is 29.6 Å². The van der Waals surface area contributed by atoms with Gasteiger partial charge >= 0.3 is 24.2 Å². The maximum Gasteiger partial charge on any atom is 0.460 e. The van der Waals surface area contributed by atoms with Crippen LogP contribution in [0.25, 0.3) is 0 Å². The minimum Gasteiger partial charge on any atom is -0.294 e. The number of alkyl halides is 10. The van der Waals surface area contributed by atoms with Gasteiger partial charge in [-0.3, -0.25) is 9.59 Å². The van der Waals surface area contributed by atoms with E-state index in [1.807, 2.05) is 0 Å². The van der Waals surface area contributed by atoms with Gasteiger partial charge in [0, 0.05) is 5.56 Å². The molecule has 0 aromatic heterocycles. The smallest absolute Gasteiger partial charge is 0.294 e. The average Bonchev–Trinajstić information content (AvgIpc) is 2.44. The number of ketones is 2. The molecule has 0 aliphatic carbocycles. The minimum atomic E-state index is -6.75. The van der Waals surface area contributed by atoms with E-state index in [4.69, 9.17) is 0 Å². The molecule has 1 aromatic carbocycles. The summed E-state index contributed by atoms with van der Waals surface area (Å²) in [6.45, 7) is 0. The van der Waals surface area contributed by atoms with Crippen LogP contribution in [0.5, 0.6) is 0 Å². The van der Waals surface area contributed by atoms with E-state index in [0.717, 1.165) is 0 Å². The predicted octanol–water partition coefficient (Wildman–Crippen LogP) is 4.68. The Labute approximate surface area is 132 Å². The molecule has 1 rings (SSSR count). The molecule has 25 heavy (non-hydrogen) atoms. The molecule has 0 fully saturated rings. The summed E-state index contributed by atoms with van der Waals surface area (Å²) < 4.78 is 124. The average molecular weight is 384 g/mol. The van der Waals surface area contributed by atoms with Crippen molar-refractivity contribution < 1.29 is 53.5 Å². The molecule has 0 saturated heterocycles. The molecule has 0 aliphatic rings. The van der Waals surface area contributed by atoms with Crippen LogP contribution >= 0.6 is 0 Å². The first kappa shape index (κ1) is 20.9. The normalized spacial score (nSPS) is 13.7. The second-order valence-electron chi connectivity index (χ2n) is 4.74. The number of hydrogen-bond donors (Lipinski definition) is 0. The van der Waals surface area contributed by atoms with E-state index in [1.165, 1.54) is 0 Å². The van der Waals surface area contributed by atoms with E-state index < -0.39 is 53.3 Å². The van der Waals surface area contributed by atoms with Crippen molar-refractivity contribution in [3.63, 3.8) is 0 Å². The molecule has 0 spiro atoms. The Morgan fingerprint density at radius 1 is 0.760 bits per heavy atom. The lowest BCUT2D eigenvalue weighted by Crippen LogP contribution is -2.56. The predicted molar refractivity (Wildman–Crippen MR) is 61.3 cm³/mol. The standard InChI is InChI=1S/C13H6F10O2/c14-10(15,12(19,20)13(21,22)23)9(25)5-8(24)6-1-3-7(4-2-6)11(16,17)18/h1-4H,5H2. The third-order valence-electron chi connectivity index (χ3n) is 2.96. The van der Waals surface area contributed by atoms with Crippen LogP contribution in [0.2, 0.25) is 0 Å². The first-order valence-corrected chi connectivity index (χ1v) is 6.08. The van der Waals surface area contributed by atoms with Gasteiger partial charge in [-0.2, -0.15) is 43.9 Å². The molecule has 0 heterocycles. The van der Waals surface area contributed by atoms with Gasteiger partial charge in [-0.1, -0.05) is 12.1 Å². The molecule has 2 nitrogen and oxygen atoms in total. The van der Waals surface area contributed by atoms with Crippen LogP contribution in [0.15, 0.2) is 24.3 Å². The van der Waals surface area contributed by atoms with Crippen molar-refractivity contribution in [2.45, 2.75) is 30.6 Å². The SMILES string of the molecule is O=C(CC(=O)C(F)(F)C(F)(F)C(F)(F)F)c1ccc(C(F)(F)F)cc1. The number of benzene rings is 1. The molecule has 0 amide bonds. The molecule has 140 valence electrons. The highest BCUT2D eigenvalue weighted by Crippen LogP contribution is 2.47. The molecular weight excluding hydrogens is 378 g/mol. The second kappa shape index (κ2) is 6.30. The van der Waals surface area contributed by atoms with Crippen molar-refractivity contribution in [1.82, 2.24) is 0 Å². The number of carbonyl (C=O) groups excluding carboxylic acids is 2. The number of hydrogen-bond acceptors (Lipinski definition) is 2. The third kappa shape index (κ3) is 4.10. The highest BCUT2D eigenvalue weighted by atomic mass is 19.4. The van der Waals surface area contributed by atoms with Gasteiger partial charge in [0.05, 0.1) is 12.0 Å². The quantitative estimate of drug-likeness (QED) is 0.420. The van der Waals surface area contributed by atoms with Crippen LogP contribution in [0.3, 0.4) is 0 Å². The Hall–Kier alpha value is -2.14. The van der Waals surface area contributed by atoms with Gasteiger partial charge in [-0.25, -0.2) is 0 Å². The van der Waals surface area contributed by atoms with Crippen molar-refractivity contribution >= 4 is 11.6 Å². The van der Waals surface area contributed by atoms with Gasteiger partial charge in [0.2, 0.25) is 5.78 Å². The van der Waals surface area contributed by atoms with Crippen molar-refractivity contribution in [2.24, 2.45) is 0 Å². The Morgan fingerprint density at radius 2 is 1.20 bits per heavy atom. The fraction of sp³-hybridized carbons (Fsp3) is 0.385. The zero-order valence-corrected chi connectivity index (χ0v) is 11.6. The molecule has 12 heteroatoms. The van der Waals surface area contributed by atoms with Crippen LogP contribution < -0.4 is 0 Å². The summed E-state index contributed by atoms with van der Waals surface area (Å²) in [5.74, 6) is -17.6. The summed E-state index contributed by atoms with van der Waals surface area (Å²) in [5, 5.41) is 0. The largest absolute Gasteiger partial charge is 0.460 e. The van der Waals surface area contributed by atoms with E-state index in [1.54, 1.807) is 0 Å². The van der Waals surface area contributed by atoms with Gasteiger partial charge in [0.15, 0.2) is 5.78 Å². The molecule has 0 saturated carbocycles. The van der Waals surface area contributed by atoms with E-state index in [0.29, 0.717) is 24.3 Å². The summed E-state index contributed by atoms with van der Waals surface area (Å²) in [6.07, 6.45) is -13.6. The summed E-state index contributed by atoms with van der Waals surface area (Å²) in [4.78, 5) is 22.5. The molecule has 0 radical (unpaired) electrons. The molecule has 0 unspecified atom stereocenters. The fourth-order valence-corrected chi connectivity index (χ4v) is 1.56. The highest BCUT2D eigenvalue weighted by molar-refractivity contribution is 6.10. The van der Waals surface area contributed by atoms with E-state index in [-0.39, 0.29) is 0 Å². The topological polar surface area (TPSA) is 34.1 Å². The molecular formula is C13H6F10O2. The lowest BCUT2D eigenvalue weighted by molar-refractivity contribution is -0.343. The Bertz CT molecular complexity index is 655. The van der Waals surface area contributed by atoms with Gasteiger partial charge < -0.3 is 0 Å². The number of halogens is 10. The summed E-state index contributed by atoms with van der Waals surface area (Å²) in [6, 6.07) is 1.64. The van der Waals surface area contributed by atoms with Crippen LogP contribution in [0.4, 0.5) is 43.9 Å². The third-order valence-corrected chi connectivity index (χ3v) is 2.96. The molecule has 1 aromatic rings. The van der Waals surface area contributed by atoms with E-state index in [2.05, 4.69) is 0 Å². The monoisotopic (exact) mass is 384 g/mol. The Kier molecular flexibility index (Phi) is 5.27. The highest BCUT2D eigenvalue weighted by Gasteiger charge is 2.75. The number of carbonyl (C=O) groups is 2. The number of rotatable bonds is 5. The lowest BCUT2D eigenvalue weighted by Gasteiger charge is -2.26. The summed E-state index contributed by atoms with van der Waals surface area (Å²) in [7, 11) is 0. The maximum atomic E-state index is 13.1. The van der Waals surface area contributed by atoms with Crippen molar-refractivity contribution in [2.75, 3.05) is 0 Å². The zero-order valence-electron chi connectivity index (χ0n) is 11.6. The fourth-order valence-electron chi connectivity index (χ4n) is 1.56. The molecule has 0 atom stereocenters. The van der Waals surface area contributed by atoms with Gasteiger partial charge in [0.1, 0.15) is 0 Å².